The van der Waals surface area contributed by atoms with E-state index < -0.39 is 17.5 Å². The lowest BCUT2D eigenvalue weighted by molar-refractivity contribution is -0.135. The van der Waals surface area contributed by atoms with Crippen LogP contribution in [0.4, 0.5) is 0 Å². The predicted octanol–water partition coefficient (Wildman–Crippen LogP) is 3.72. The summed E-state index contributed by atoms with van der Waals surface area (Å²) in [5.41, 5.74) is 1.07. The Morgan fingerprint density at radius 3 is 2.68 bits per heavy atom. The van der Waals surface area contributed by atoms with Gasteiger partial charge in [-0.1, -0.05) is 0 Å². The van der Waals surface area contributed by atoms with Gasteiger partial charge in [0.1, 0.15) is 22.8 Å². The Morgan fingerprint density at radius 2 is 1.90 bits per heavy atom. The number of Topliss-reactive ketones (excluding diaryl/α,β-unsaturated/α-hetero) is 1. The Hall–Kier alpha value is -3.61. The number of hydrogen-bond donors (Lipinski definition) is 1. The number of rotatable bonds is 2. The standard InChI is InChI=1S/C24H21NO6/c1-24(2)11-18(26)14-5-7-19-21(22(14)31-24)15(10-20(27)30-19)16-9-12-8-13(29-3)4-6-17(12)25-23(16)28/h4-9,15H,10-11H2,1-3H3,(H,25,28)/t15-/m1/s1. The fourth-order valence-electron chi connectivity index (χ4n) is 4.41. The number of benzene rings is 2. The number of aromatic amines is 1. The first-order valence-corrected chi connectivity index (χ1v) is 10.1. The summed E-state index contributed by atoms with van der Waals surface area (Å²) in [6, 6.07) is 10.4. The first-order valence-electron chi connectivity index (χ1n) is 10.1. The summed E-state index contributed by atoms with van der Waals surface area (Å²) in [6.07, 6.45) is 0.222. The van der Waals surface area contributed by atoms with Crippen molar-refractivity contribution >= 4 is 22.7 Å². The second-order valence-electron chi connectivity index (χ2n) is 8.55. The van der Waals surface area contributed by atoms with Gasteiger partial charge in [-0.25, -0.2) is 0 Å². The highest BCUT2D eigenvalue weighted by atomic mass is 16.5. The van der Waals surface area contributed by atoms with E-state index in [-0.39, 0.29) is 24.2 Å². The summed E-state index contributed by atoms with van der Waals surface area (Å²) < 4.78 is 16.9. The maximum atomic E-state index is 13.0. The zero-order chi connectivity index (χ0) is 21.9. The molecule has 1 N–H and O–H groups in total. The third-order valence-corrected chi connectivity index (χ3v) is 5.82. The zero-order valence-corrected chi connectivity index (χ0v) is 17.4. The van der Waals surface area contributed by atoms with E-state index in [9.17, 15) is 14.4 Å². The molecular formula is C24H21NO6. The number of hydrogen-bond acceptors (Lipinski definition) is 6. The van der Waals surface area contributed by atoms with E-state index in [0.717, 1.165) is 5.39 Å². The highest BCUT2D eigenvalue weighted by Gasteiger charge is 2.40. The Kier molecular flexibility index (Phi) is 4.18. The van der Waals surface area contributed by atoms with Crippen molar-refractivity contribution in [3.8, 4) is 17.2 Å². The third-order valence-electron chi connectivity index (χ3n) is 5.82. The topological polar surface area (TPSA) is 94.7 Å². The highest BCUT2D eigenvalue weighted by molar-refractivity contribution is 6.01. The molecule has 5 rings (SSSR count). The summed E-state index contributed by atoms with van der Waals surface area (Å²) in [6.45, 7) is 3.68. The number of esters is 1. The first-order chi connectivity index (χ1) is 14.8. The number of carbonyl (C=O) groups is 2. The zero-order valence-electron chi connectivity index (χ0n) is 17.4. The van der Waals surface area contributed by atoms with Gasteiger partial charge in [-0.15, -0.1) is 0 Å². The van der Waals surface area contributed by atoms with Crippen molar-refractivity contribution in [1.29, 1.82) is 0 Å². The molecule has 0 saturated heterocycles. The SMILES string of the molecule is COc1ccc2[nH]c(=O)c([C@H]3CC(=O)Oc4ccc5c(c43)OC(C)(C)CC5=O)cc2c1. The van der Waals surface area contributed by atoms with Gasteiger partial charge in [0.15, 0.2) is 5.78 Å². The molecule has 0 bridgehead atoms. The van der Waals surface area contributed by atoms with Gasteiger partial charge in [0, 0.05) is 27.9 Å². The van der Waals surface area contributed by atoms with Crippen molar-refractivity contribution in [2.75, 3.05) is 7.11 Å². The number of H-pyrrole nitrogens is 1. The lowest BCUT2D eigenvalue weighted by Gasteiger charge is -2.36. The van der Waals surface area contributed by atoms with Crippen LogP contribution in [0.25, 0.3) is 10.9 Å². The van der Waals surface area contributed by atoms with Crippen molar-refractivity contribution in [3.05, 3.63) is 63.4 Å². The average Bonchev–Trinajstić information content (AvgIpc) is 2.71. The van der Waals surface area contributed by atoms with E-state index in [1.165, 1.54) is 0 Å². The number of carbonyl (C=O) groups excluding carboxylic acids is 2. The quantitative estimate of drug-likeness (QED) is 0.503. The van der Waals surface area contributed by atoms with E-state index in [1.54, 1.807) is 37.4 Å². The number of pyridine rings is 1. The van der Waals surface area contributed by atoms with Crippen LogP contribution in [0.15, 0.2) is 41.2 Å². The minimum atomic E-state index is -0.700. The maximum Gasteiger partial charge on any atom is 0.312 e. The van der Waals surface area contributed by atoms with Gasteiger partial charge in [-0.05, 0) is 50.2 Å². The molecule has 7 heteroatoms. The summed E-state index contributed by atoms with van der Waals surface area (Å²) in [7, 11) is 1.57. The average molecular weight is 419 g/mol. The molecule has 3 heterocycles. The van der Waals surface area contributed by atoms with Crippen molar-refractivity contribution in [1.82, 2.24) is 4.98 Å². The van der Waals surface area contributed by atoms with Crippen LogP contribution in [0.3, 0.4) is 0 Å². The summed E-state index contributed by atoms with van der Waals surface area (Å²) in [5, 5.41) is 0.775. The molecular weight excluding hydrogens is 398 g/mol. The molecule has 0 amide bonds. The molecule has 0 radical (unpaired) electrons. The number of fused-ring (bicyclic) bond motifs is 4. The second kappa shape index (κ2) is 6.70. The molecule has 7 nitrogen and oxygen atoms in total. The lowest BCUT2D eigenvalue weighted by Crippen LogP contribution is -2.37. The minimum absolute atomic E-state index is 0.0278. The minimum Gasteiger partial charge on any atom is -0.497 e. The molecule has 0 fully saturated rings. The molecule has 0 spiro atoms. The largest absolute Gasteiger partial charge is 0.497 e. The van der Waals surface area contributed by atoms with Crippen LogP contribution < -0.4 is 19.8 Å². The van der Waals surface area contributed by atoms with E-state index in [4.69, 9.17) is 14.2 Å². The fraction of sp³-hybridized carbons (Fsp3) is 0.292. The number of nitrogens with one attached hydrogen (secondary N) is 1. The maximum absolute atomic E-state index is 13.0. The van der Waals surface area contributed by atoms with Crippen LogP contribution >= 0.6 is 0 Å². The van der Waals surface area contributed by atoms with Crippen LogP contribution in [0.1, 0.15) is 54.1 Å². The predicted molar refractivity (Wildman–Crippen MR) is 113 cm³/mol. The summed E-state index contributed by atoms with van der Waals surface area (Å²) >= 11 is 0. The molecule has 1 aromatic heterocycles. The van der Waals surface area contributed by atoms with E-state index in [2.05, 4.69) is 4.98 Å². The number of ether oxygens (including phenoxy) is 3. The van der Waals surface area contributed by atoms with Crippen molar-refractivity contribution in [2.45, 2.75) is 38.2 Å². The third kappa shape index (κ3) is 3.17. The molecule has 2 aromatic carbocycles. The molecule has 3 aromatic rings. The van der Waals surface area contributed by atoms with Gasteiger partial charge in [0.05, 0.1) is 25.5 Å². The van der Waals surface area contributed by atoms with Gasteiger partial charge in [0.25, 0.3) is 5.56 Å². The van der Waals surface area contributed by atoms with Gasteiger partial charge >= 0.3 is 5.97 Å². The van der Waals surface area contributed by atoms with Crippen molar-refractivity contribution < 1.29 is 23.8 Å². The van der Waals surface area contributed by atoms with Crippen LogP contribution in [0.5, 0.6) is 17.2 Å². The van der Waals surface area contributed by atoms with Gasteiger partial charge in [0.2, 0.25) is 0 Å². The monoisotopic (exact) mass is 419 g/mol. The Bertz CT molecular complexity index is 1320. The summed E-state index contributed by atoms with van der Waals surface area (Å²) in [5.74, 6) is 0.275. The molecule has 0 saturated carbocycles. The second-order valence-corrected chi connectivity index (χ2v) is 8.55. The van der Waals surface area contributed by atoms with E-state index in [1.807, 2.05) is 19.9 Å². The smallest absolute Gasteiger partial charge is 0.312 e. The highest BCUT2D eigenvalue weighted by Crippen LogP contribution is 2.48. The van der Waals surface area contributed by atoms with Crippen LogP contribution in [-0.2, 0) is 4.79 Å². The number of ketones is 1. The van der Waals surface area contributed by atoms with Gasteiger partial charge < -0.3 is 19.2 Å². The van der Waals surface area contributed by atoms with Crippen LogP contribution in [0, 0.1) is 0 Å². The Balaban J connectivity index is 1.75. The summed E-state index contributed by atoms with van der Waals surface area (Å²) in [4.78, 5) is 41.0. The number of methoxy groups -OCH3 is 1. The Labute approximate surface area is 177 Å². The van der Waals surface area contributed by atoms with Crippen LogP contribution in [-0.4, -0.2) is 29.4 Å². The van der Waals surface area contributed by atoms with Crippen molar-refractivity contribution in [3.63, 3.8) is 0 Å². The first kappa shape index (κ1) is 19.4. The normalized spacial score (nSPS) is 19.3. The van der Waals surface area contributed by atoms with Crippen LogP contribution in [0.2, 0.25) is 0 Å². The molecule has 31 heavy (non-hydrogen) atoms. The van der Waals surface area contributed by atoms with Gasteiger partial charge in [-0.2, -0.15) is 0 Å². The molecule has 1 atom stereocenters. The number of aromatic nitrogens is 1. The fourth-order valence-corrected chi connectivity index (χ4v) is 4.41. The molecule has 2 aliphatic heterocycles. The molecule has 2 aliphatic rings. The molecule has 0 unspecified atom stereocenters. The van der Waals surface area contributed by atoms with E-state index >= 15 is 0 Å². The van der Waals surface area contributed by atoms with Gasteiger partial charge in [-0.3, -0.25) is 14.4 Å². The molecule has 0 aliphatic carbocycles. The van der Waals surface area contributed by atoms with Crippen molar-refractivity contribution in [2.24, 2.45) is 0 Å². The lowest BCUT2D eigenvalue weighted by atomic mass is 9.82. The Morgan fingerprint density at radius 1 is 1.10 bits per heavy atom. The van der Waals surface area contributed by atoms with E-state index in [0.29, 0.717) is 39.5 Å². The molecule has 158 valence electrons.